The topological polar surface area (TPSA) is 270 Å². The zero-order valence-electron chi connectivity index (χ0n) is 22.5. The fourth-order valence-corrected chi connectivity index (χ4v) is 3.83. The molecule has 0 aromatic carbocycles. The number of carbonyl (C=O) groups excluding carboxylic acids is 6. The number of likely N-dealkylation sites (tertiary alicyclic amines) is 1. The highest BCUT2D eigenvalue weighted by Crippen LogP contribution is 2.18. The first-order valence-electron chi connectivity index (χ1n) is 12.8. The molecule has 0 radical (unpaired) electrons. The van der Waals surface area contributed by atoms with E-state index in [1.165, 1.54) is 4.90 Å². The predicted octanol–water partition coefficient (Wildman–Crippen LogP) is -5.26. The SMILES string of the molecule is CCC(C)C(NC(=O)C1CCCN1C(=O)CNC(=O)C(CO)NC(=O)CN)C(=O)NCC(=O)NC(CO)C(=O)O. The normalized spacial score (nSPS) is 17.5. The lowest BCUT2D eigenvalue weighted by molar-refractivity contribution is -0.143. The maximum Gasteiger partial charge on any atom is 0.328 e. The van der Waals surface area contributed by atoms with E-state index in [0.29, 0.717) is 19.3 Å². The lowest BCUT2D eigenvalue weighted by atomic mass is 9.97. The van der Waals surface area contributed by atoms with Gasteiger partial charge in [-0.1, -0.05) is 20.3 Å². The van der Waals surface area contributed by atoms with Gasteiger partial charge in [0.2, 0.25) is 35.4 Å². The Hall–Kier alpha value is -3.83. The number of carbonyl (C=O) groups is 7. The molecule has 10 N–H and O–H groups in total. The van der Waals surface area contributed by atoms with E-state index < -0.39 is 98.4 Å². The lowest BCUT2D eigenvalue weighted by Gasteiger charge is -2.28. The maximum atomic E-state index is 13.1. The predicted molar refractivity (Wildman–Crippen MR) is 137 cm³/mol. The fraction of sp³-hybridized carbons (Fsp3) is 0.696. The summed E-state index contributed by atoms with van der Waals surface area (Å²) in [5.41, 5.74) is 5.17. The molecule has 0 aliphatic carbocycles. The van der Waals surface area contributed by atoms with E-state index in [9.17, 15) is 38.7 Å². The molecule has 17 heteroatoms. The number of carboxylic acids is 1. The molecule has 0 saturated carbocycles. The van der Waals surface area contributed by atoms with Crippen molar-refractivity contribution in [3.8, 4) is 0 Å². The van der Waals surface area contributed by atoms with E-state index in [1.807, 2.05) is 5.32 Å². The summed E-state index contributed by atoms with van der Waals surface area (Å²) >= 11 is 0. The van der Waals surface area contributed by atoms with Crippen LogP contribution < -0.4 is 32.3 Å². The van der Waals surface area contributed by atoms with Gasteiger partial charge in [0, 0.05) is 6.54 Å². The number of carboxylic acid groups (broad SMARTS) is 1. The molecule has 5 unspecified atom stereocenters. The third kappa shape index (κ3) is 10.4. The Morgan fingerprint density at radius 2 is 1.50 bits per heavy atom. The zero-order chi connectivity index (χ0) is 30.4. The zero-order valence-corrected chi connectivity index (χ0v) is 22.5. The molecule has 17 nitrogen and oxygen atoms in total. The van der Waals surface area contributed by atoms with Crippen LogP contribution in [0.2, 0.25) is 0 Å². The van der Waals surface area contributed by atoms with Gasteiger partial charge in [-0.15, -0.1) is 0 Å². The minimum Gasteiger partial charge on any atom is -0.480 e. The lowest BCUT2D eigenvalue weighted by Crippen LogP contribution is -2.57. The van der Waals surface area contributed by atoms with Crippen molar-refractivity contribution in [1.29, 1.82) is 0 Å². The number of amides is 6. The van der Waals surface area contributed by atoms with Crippen LogP contribution in [-0.4, -0.2) is 125 Å². The highest BCUT2D eigenvalue weighted by atomic mass is 16.4. The fourth-order valence-electron chi connectivity index (χ4n) is 3.83. The van der Waals surface area contributed by atoms with Crippen LogP contribution in [0.5, 0.6) is 0 Å². The molecule has 1 fully saturated rings. The summed E-state index contributed by atoms with van der Waals surface area (Å²) < 4.78 is 0. The number of nitrogens with two attached hydrogens (primary N) is 1. The summed E-state index contributed by atoms with van der Waals surface area (Å²) in [6.45, 7) is 0.641. The van der Waals surface area contributed by atoms with E-state index in [2.05, 4.69) is 21.3 Å². The van der Waals surface area contributed by atoms with Crippen LogP contribution in [0.1, 0.15) is 33.1 Å². The highest BCUT2D eigenvalue weighted by molar-refractivity contribution is 5.95. The maximum absolute atomic E-state index is 13.1. The number of rotatable bonds is 16. The average molecular weight is 574 g/mol. The van der Waals surface area contributed by atoms with Gasteiger partial charge in [0.05, 0.1) is 32.8 Å². The van der Waals surface area contributed by atoms with Crippen LogP contribution in [-0.2, 0) is 33.6 Å². The summed E-state index contributed by atoms with van der Waals surface area (Å²) in [7, 11) is 0. The largest absolute Gasteiger partial charge is 0.480 e. The number of aliphatic hydroxyl groups is 2. The van der Waals surface area contributed by atoms with Crippen LogP contribution in [0.4, 0.5) is 0 Å². The van der Waals surface area contributed by atoms with Gasteiger partial charge in [0.1, 0.15) is 24.2 Å². The summed E-state index contributed by atoms with van der Waals surface area (Å²) in [5, 5.41) is 38.7. The molecule has 1 heterocycles. The summed E-state index contributed by atoms with van der Waals surface area (Å²) in [6.07, 6.45) is 1.26. The van der Waals surface area contributed by atoms with Gasteiger partial charge in [-0.05, 0) is 18.8 Å². The minimum absolute atomic E-state index is 0.218. The Labute approximate surface area is 230 Å². The second-order valence-corrected chi connectivity index (χ2v) is 9.20. The van der Waals surface area contributed by atoms with E-state index in [4.69, 9.17) is 15.9 Å². The van der Waals surface area contributed by atoms with Gasteiger partial charge in [-0.2, -0.15) is 0 Å². The van der Waals surface area contributed by atoms with Crippen molar-refractivity contribution in [3.05, 3.63) is 0 Å². The van der Waals surface area contributed by atoms with Crippen molar-refractivity contribution >= 4 is 41.4 Å². The third-order valence-corrected chi connectivity index (χ3v) is 6.34. The minimum atomic E-state index is -1.54. The van der Waals surface area contributed by atoms with E-state index >= 15 is 0 Å². The van der Waals surface area contributed by atoms with Crippen LogP contribution in [0, 0.1) is 5.92 Å². The molecule has 226 valence electrons. The van der Waals surface area contributed by atoms with Crippen molar-refractivity contribution in [2.24, 2.45) is 11.7 Å². The second kappa shape index (κ2) is 17.0. The number of nitrogens with zero attached hydrogens (tertiary/aromatic N) is 1. The number of nitrogens with one attached hydrogen (secondary N) is 5. The van der Waals surface area contributed by atoms with Crippen LogP contribution >= 0.6 is 0 Å². The van der Waals surface area contributed by atoms with Crippen molar-refractivity contribution in [2.75, 3.05) is 39.4 Å². The van der Waals surface area contributed by atoms with Gasteiger partial charge >= 0.3 is 5.97 Å². The Morgan fingerprint density at radius 3 is 2.05 bits per heavy atom. The average Bonchev–Trinajstić information content (AvgIpc) is 3.44. The van der Waals surface area contributed by atoms with Crippen molar-refractivity contribution in [2.45, 2.75) is 57.3 Å². The summed E-state index contributed by atoms with van der Waals surface area (Å²) in [6, 6.07) is -4.85. The van der Waals surface area contributed by atoms with Gasteiger partial charge in [-0.3, -0.25) is 28.8 Å². The first-order chi connectivity index (χ1) is 18.9. The van der Waals surface area contributed by atoms with Gasteiger partial charge in [0.15, 0.2) is 0 Å². The standard InChI is InChI=1S/C23H39N7O10/c1-3-12(2)19(22(38)25-8-17(34)28-14(11-32)23(39)40)29-21(37)15-5-4-6-30(15)18(35)9-26-20(36)13(10-31)27-16(33)7-24/h12-15,19,31-32H,3-11,24H2,1-2H3,(H,25,38)(H,26,36)(H,27,33)(H,28,34)(H,29,37)(H,39,40). The van der Waals surface area contributed by atoms with Gasteiger partial charge < -0.3 is 52.5 Å². The molecule has 0 aromatic heterocycles. The summed E-state index contributed by atoms with van der Waals surface area (Å²) in [4.78, 5) is 86.5. The van der Waals surface area contributed by atoms with E-state index in [1.54, 1.807) is 13.8 Å². The molecule has 0 aromatic rings. The first kappa shape index (κ1) is 34.2. The molecule has 1 rings (SSSR count). The van der Waals surface area contributed by atoms with Crippen LogP contribution in [0.15, 0.2) is 0 Å². The quantitative estimate of drug-likeness (QED) is 0.0841. The highest BCUT2D eigenvalue weighted by Gasteiger charge is 2.37. The molecule has 0 bridgehead atoms. The molecule has 1 aliphatic rings. The number of hydrogen-bond acceptors (Lipinski definition) is 10. The monoisotopic (exact) mass is 573 g/mol. The first-order valence-corrected chi connectivity index (χ1v) is 12.8. The van der Waals surface area contributed by atoms with E-state index in [-0.39, 0.29) is 12.5 Å². The molecule has 5 atom stereocenters. The van der Waals surface area contributed by atoms with Crippen molar-refractivity contribution in [1.82, 2.24) is 31.5 Å². The van der Waals surface area contributed by atoms with Crippen molar-refractivity contribution < 1.29 is 48.9 Å². The Bertz CT molecular complexity index is 947. The molecular weight excluding hydrogens is 534 g/mol. The van der Waals surface area contributed by atoms with Crippen LogP contribution in [0.25, 0.3) is 0 Å². The van der Waals surface area contributed by atoms with Crippen molar-refractivity contribution in [3.63, 3.8) is 0 Å². The van der Waals surface area contributed by atoms with Gasteiger partial charge in [-0.25, -0.2) is 4.79 Å². The molecule has 1 saturated heterocycles. The molecule has 6 amide bonds. The number of hydrogen-bond donors (Lipinski definition) is 9. The van der Waals surface area contributed by atoms with Crippen LogP contribution in [0.3, 0.4) is 0 Å². The molecule has 40 heavy (non-hydrogen) atoms. The number of aliphatic carboxylic acids is 1. The Kier molecular flexibility index (Phi) is 14.5. The molecule has 0 spiro atoms. The smallest absolute Gasteiger partial charge is 0.328 e. The third-order valence-electron chi connectivity index (χ3n) is 6.34. The molecule has 1 aliphatic heterocycles. The Balaban J connectivity index is 2.78. The Morgan fingerprint density at radius 1 is 0.900 bits per heavy atom. The summed E-state index contributed by atoms with van der Waals surface area (Å²) in [5.74, 6) is -6.08. The number of aliphatic hydroxyl groups excluding tert-OH is 2. The van der Waals surface area contributed by atoms with E-state index in [0.717, 1.165) is 0 Å². The second-order valence-electron chi connectivity index (χ2n) is 9.20. The molecular formula is C23H39N7O10. The van der Waals surface area contributed by atoms with Gasteiger partial charge in [0.25, 0.3) is 0 Å².